The molecule has 4 rings (SSSR count). The topological polar surface area (TPSA) is 0 Å². The fourth-order valence-corrected chi connectivity index (χ4v) is 5.76. The van der Waals surface area contributed by atoms with Crippen LogP contribution in [0, 0.1) is 17.8 Å². The van der Waals surface area contributed by atoms with E-state index in [0.717, 1.165) is 17.8 Å². The van der Waals surface area contributed by atoms with E-state index >= 15 is 0 Å². The van der Waals surface area contributed by atoms with Gasteiger partial charge in [0.2, 0.25) is 0 Å². The molecule has 0 fully saturated rings. The summed E-state index contributed by atoms with van der Waals surface area (Å²) in [6.45, 7) is 7.03. The summed E-state index contributed by atoms with van der Waals surface area (Å²) in [5.41, 5.74) is 8.60. The van der Waals surface area contributed by atoms with Crippen LogP contribution in [0.15, 0.2) is 60.7 Å². The van der Waals surface area contributed by atoms with Crippen molar-refractivity contribution in [1.82, 2.24) is 0 Å². The predicted molar refractivity (Wildman–Crippen MR) is 146 cm³/mol. The lowest BCUT2D eigenvalue weighted by Crippen LogP contribution is -2.09. The van der Waals surface area contributed by atoms with Gasteiger partial charge >= 0.3 is 0 Å². The third kappa shape index (κ3) is 6.50. The molecule has 0 saturated heterocycles. The molecular formula is C33H44. The first kappa shape index (κ1) is 24.1. The van der Waals surface area contributed by atoms with Crippen molar-refractivity contribution in [2.24, 2.45) is 17.8 Å². The van der Waals surface area contributed by atoms with Crippen LogP contribution in [0.25, 0.3) is 22.3 Å². The first-order valence-electron chi connectivity index (χ1n) is 13.8. The number of allylic oxidation sites excluding steroid dienone is 4. The van der Waals surface area contributed by atoms with Crippen molar-refractivity contribution in [3.8, 4) is 11.1 Å². The molecule has 2 aromatic carbocycles. The molecule has 33 heavy (non-hydrogen) atoms. The van der Waals surface area contributed by atoms with Gasteiger partial charge in [0.15, 0.2) is 0 Å². The number of unbranched alkanes of at least 4 members (excludes halogenated alkanes) is 1. The summed E-state index contributed by atoms with van der Waals surface area (Å²) >= 11 is 0. The Hall–Kier alpha value is -2.08. The average molecular weight is 441 g/mol. The van der Waals surface area contributed by atoms with Gasteiger partial charge in [-0.1, -0.05) is 107 Å². The molecule has 0 heterocycles. The Morgan fingerprint density at radius 3 is 1.61 bits per heavy atom. The lowest BCUT2D eigenvalue weighted by atomic mass is 9.81. The van der Waals surface area contributed by atoms with Gasteiger partial charge in [-0.25, -0.2) is 0 Å². The molecule has 176 valence electrons. The second-order valence-corrected chi connectivity index (χ2v) is 10.8. The lowest BCUT2D eigenvalue weighted by Gasteiger charge is -2.24. The van der Waals surface area contributed by atoms with E-state index in [1.165, 1.54) is 92.9 Å². The number of rotatable bonds is 9. The van der Waals surface area contributed by atoms with Crippen molar-refractivity contribution in [1.29, 1.82) is 0 Å². The van der Waals surface area contributed by atoms with E-state index in [-0.39, 0.29) is 0 Å². The van der Waals surface area contributed by atoms with Crippen molar-refractivity contribution in [3.05, 3.63) is 71.8 Å². The Balaban J connectivity index is 1.35. The molecule has 2 aliphatic carbocycles. The summed E-state index contributed by atoms with van der Waals surface area (Å²) in [7, 11) is 0. The minimum Gasteiger partial charge on any atom is -0.0804 e. The van der Waals surface area contributed by atoms with E-state index in [0.29, 0.717) is 0 Å². The second-order valence-electron chi connectivity index (χ2n) is 10.8. The lowest BCUT2D eigenvalue weighted by molar-refractivity contribution is 0.362. The fourth-order valence-electron chi connectivity index (χ4n) is 5.76. The van der Waals surface area contributed by atoms with E-state index in [4.69, 9.17) is 0 Å². The average Bonchev–Trinajstić information content (AvgIpc) is 2.88. The molecule has 3 unspecified atom stereocenters. The minimum absolute atomic E-state index is 0.868. The van der Waals surface area contributed by atoms with Crippen LogP contribution in [0.3, 0.4) is 0 Å². The Bertz CT molecular complexity index is 925. The van der Waals surface area contributed by atoms with Gasteiger partial charge in [-0.05, 0) is 96.1 Å². The van der Waals surface area contributed by atoms with Crippen LogP contribution in [-0.4, -0.2) is 0 Å². The van der Waals surface area contributed by atoms with Crippen LogP contribution in [0.1, 0.15) is 103 Å². The van der Waals surface area contributed by atoms with Crippen molar-refractivity contribution in [2.75, 3.05) is 0 Å². The molecule has 0 aromatic heterocycles. The molecule has 2 aliphatic rings. The van der Waals surface area contributed by atoms with Gasteiger partial charge in [-0.15, -0.1) is 0 Å². The Labute approximate surface area is 203 Å². The highest BCUT2D eigenvalue weighted by molar-refractivity contribution is 5.73. The van der Waals surface area contributed by atoms with Crippen LogP contribution in [0.2, 0.25) is 0 Å². The zero-order chi connectivity index (χ0) is 23.0. The second kappa shape index (κ2) is 11.9. The Morgan fingerprint density at radius 1 is 0.697 bits per heavy atom. The summed E-state index contributed by atoms with van der Waals surface area (Å²) < 4.78 is 0. The molecule has 3 atom stereocenters. The molecule has 0 saturated carbocycles. The fraction of sp³-hybridized carbons (Fsp3) is 0.515. The van der Waals surface area contributed by atoms with Crippen LogP contribution in [-0.2, 0) is 0 Å². The summed E-state index contributed by atoms with van der Waals surface area (Å²) in [6.07, 6.45) is 19.6. The summed E-state index contributed by atoms with van der Waals surface area (Å²) in [5, 5.41) is 0. The van der Waals surface area contributed by atoms with E-state index < -0.39 is 0 Å². The quantitative estimate of drug-likeness (QED) is 0.364. The van der Waals surface area contributed by atoms with Crippen molar-refractivity contribution in [2.45, 2.75) is 91.4 Å². The smallest absolute Gasteiger partial charge is 0.0184 e. The maximum atomic E-state index is 2.52. The van der Waals surface area contributed by atoms with Gasteiger partial charge in [-0.3, -0.25) is 0 Å². The highest BCUT2D eigenvalue weighted by atomic mass is 14.2. The van der Waals surface area contributed by atoms with E-state index in [9.17, 15) is 0 Å². The third-order valence-corrected chi connectivity index (χ3v) is 8.28. The van der Waals surface area contributed by atoms with Crippen molar-refractivity contribution >= 4 is 11.1 Å². The van der Waals surface area contributed by atoms with E-state index in [2.05, 4.69) is 81.5 Å². The van der Waals surface area contributed by atoms with Crippen LogP contribution < -0.4 is 0 Å². The molecule has 2 aromatic rings. The van der Waals surface area contributed by atoms with Gasteiger partial charge in [0.1, 0.15) is 0 Å². The maximum Gasteiger partial charge on any atom is -0.0184 e. The molecule has 0 nitrogen and oxygen atoms in total. The minimum atomic E-state index is 0.868. The molecule has 0 bridgehead atoms. The number of hydrogen-bond acceptors (Lipinski definition) is 0. The predicted octanol–water partition coefficient (Wildman–Crippen LogP) is 10.3. The van der Waals surface area contributed by atoms with Gasteiger partial charge < -0.3 is 0 Å². The van der Waals surface area contributed by atoms with E-state index in [1.807, 2.05) is 0 Å². The Kier molecular flexibility index (Phi) is 8.65. The Morgan fingerprint density at radius 2 is 1.18 bits per heavy atom. The van der Waals surface area contributed by atoms with Crippen LogP contribution in [0.4, 0.5) is 0 Å². The molecule has 0 amide bonds. The molecular weight excluding hydrogens is 396 g/mol. The normalized spacial score (nSPS) is 21.9. The maximum absolute atomic E-state index is 2.52. The van der Waals surface area contributed by atoms with Crippen LogP contribution in [0.5, 0.6) is 0 Å². The molecule has 0 N–H and O–H groups in total. The molecule has 0 radical (unpaired) electrons. The SMILES string of the molecule is CCCCC1CC=C(c2ccc(-c3ccc(C4=CCC(CC(C)CC)CC4)cc3)cc2)CC1. The largest absolute Gasteiger partial charge is 0.0804 e. The molecule has 0 spiro atoms. The van der Waals surface area contributed by atoms with Crippen molar-refractivity contribution in [3.63, 3.8) is 0 Å². The zero-order valence-electron chi connectivity index (χ0n) is 21.3. The van der Waals surface area contributed by atoms with Gasteiger partial charge in [0.25, 0.3) is 0 Å². The zero-order valence-corrected chi connectivity index (χ0v) is 21.3. The first-order valence-corrected chi connectivity index (χ1v) is 13.8. The summed E-state index contributed by atoms with van der Waals surface area (Å²) in [4.78, 5) is 0. The monoisotopic (exact) mass is 440 g/mol. The summed E-state index contributed by atoms with van der Waals surface area (Å²) in [5.74, 6) is 2.67. The number of hydrogen-bond donors (Lipinski definition) is 0. The standard InChI is InChI=1S/C33H44/c1-4-6-7-26-8-12-28(13-9-26)30-16-20-32(21-17-30)33-22-18-31(19-23-33)29-14-10-27(11-15-29)24-25(3)5-2/h12,14,16-23,25-27H,4-11,13,15,24H2,1-3H3. The van der Waals surface area contributed by atoms with E-state index in [1.54, 1.807) is 11.1 Å². The number of benzene rings is 2. The molecule has 0 heteroatoms. The van der Waals surface area contributed by atoms with Crippen molar-refractivity contribution < 1.29 is 0 Å². The molecule has 0 aliphatic heterocycles. The highest BCUT2D eigenvalue weighted by Gasteiger charge is 2.18. The van der Waals surface area contributed by atoms with Gasteiger partial charge in [0.05, 0.1) is 0 Å². The van der Waals surface area contributed by atoms with Crippen LogP contribution >= 0.6 is 0 Å². The van der Waals surface area contributed by atoms with Gasteiger partial charge in [-0.2, -0.15) is 0 Å². The summed E-state index contributed by atoms with van der Waals surface area (Å²) in [6, 6.07) is 18.6. The highest BCUT2D eigenvalue weighted by Crippen LogP contribution is 2.36. The third-order valence-electron chi connectivity index (χ3n) is 8.28. The van der Waals surface area contributed by atoms with Gasteiger partial charge in [0, 0.05) is 0 Å². The first-order chi connectivity index (χ1) is 16.2.